The van der Waals surface area contributed by atoms with Gasteiger partial charge in [-0.3, -0.25) is 4.79 Å². The lowest BCUT2D eigenvalue weighted by Gasteiger charge is -2.29. The molecule has 0 aromatic heterocycles. The fraction of sp³-hybridized carbons (Fsp3) is 0.562. The van der Waals surface area contributed by atoms with Crippen LogP contribution in [-0.2, 0) is 0 Å². The van der Waals surface area contributed by atoms with E-state index in [-0.39, 0.29) is 5.91 Å². The van der Waals surface area contributed by atoms with Gasteiger partial charge in [0.2, 0.25) is 0 Å². The molecular formula is C16H23BrN2O. The first-order chi connectivity index (χ1) is 9.60. The molecule has 1 saturated carbocycles. The number of rotatable bonds is 4. The van der Waals surface area contributed by atoms with Crippen molar-refractivity contribution in [3.8, 4) is 0 Å². The molecule has 0 bridgehead atoms. The molecule has 1 aromatic rings. The smallest absolute Gasteiger partial charge is 0.253 e. The van der Waals surface area contributed by atoms with E-state index in [0.29, 0.717) is 17.3 Å². The van der Waals surface area contributed by atoms with Crippen LogP contribution in [0.25, 0.3) is 0 Å². The molecule has 1 aliphatic rings. The number of carbonyl (C=O) groups is 1. The molecule has 0 aliphatic heterocycles. The van der Waals surface area contributed by atoms with E-state index in [0.717, 1.165) is 23.2 Å². The van der Waals surface area contributed by atoms with E-state index in [9.17, 15) is 4.79 Å². The lowest BCUT2D eigenvalue weighted by Crippen LogP contribution is -2.37. The Labute approximate surface area is 129 Å². The quantitative estimate of drug-likeness (QED) is 0.811. The van der Waals surface area contributed by atoms with Gasteiger partial charge >= 0.3 is 0 Å². The summed E-state index contributed by atoms with van der Waals surface area (Å²) in [6, 6.07) is 5.70. The molecule has 1 fully saturated rings. The zero-order valence-corrected chi connectivity index (χ0v) is 13.6. The molecule has 0 heterocycles. The average molecular weight is 339 g/mol. The molecule has 0 atom stereocenters. The number of nitrogens with two attached hydrogens (primary N) is 1. The third-order valence-corrected chi connectivity index (χ3v) is 4.63. The van der Waals surface area contributed by atoms with Crippen molar-refractivity contribution < 1.29 is 4.79 Å². The van der Waals surface area contributed by atoms with E-state index in [1.54, 1.807) is 12.1 Å². The molecule has 3 N–H and O–H groups in total. The second-order valence-corrected chi connectivity index (χ2v) is 6.63. The van der Waals surface area contributed by atoms with Crippen LogP contribution in [0.4, 0.5) is 5.69 Å². The Morgan fingerprint density at radius 3 is 2.65 bits per heavy atom. The van der Waals surface area contributed by atoms with Crippen molar-refractivity contribution in [2.45, 2.75) is 51.5 Å². The summed E-state index contributed by atoms with van der Waals surface area (Å²) in [6.45, 7) is 2.24. The van der Waals surface area contributed by atoms with Gasteiger partial charge in [-0.25, -0.2) is 0 Å². The summed E-state index contributed by atoms with van der Waals surface area (Å²) in [5.41, 5.74) is 7.00. The van der Waals surface area contributed by atoms with Crippen molar-refractivity contribution in [2.24, 2.45) is 5.92 Å². The molecule has 0 radical (unpaired) electrons. The number of carbonyl (C=O) groups excluding carboxylic acids is 1. The van der Waals surface area contributed by atoms with Gasteiger partial charge in [-0.15, -0.1) is 0 Å². The largest absolute Gasteiger partial charge is 0.398 e. The molecule has 1 amide bonds. The summed E-state index contributed by atoms with van der Waals surface area (Å²) >= 11 is 3.35. The zero-order valence-electron chi connectivity index (χ0n) is 12.0. The molecule has 0 spiro atoms. The van der Waals surface area contributed by atoms with Gasteiger partial charge in [0.05, 0.1) is 5.56 Å². The lowest BCUT2D eigenvalue weighted by molar-refractivity contribution is 0.0922. The highest BCUT2D eigenvalue weighted by Crippen LogP contribution is 2.28. The van der Waals surface area contributed by atoms with Gasteiger partial charge in [0.1, 0.15) is 0 Å². The first-order valence-electron chi connectivity index (χ1n) is 7.46. The van der Waals surface area contributed by atoms with Crippen molar-refractivity contribution in [3.05, 3.63) is 28.2 Å². The predicted octanol–water partition coefficient (Wildman–Crippen LogP) is 4.12. The van der Waals surface area contributed by atoms with Crippen LogP contribution in [0.3, 0.4) is 0 Å². The van der Waals surface area contributed by atoms with Crippen molar-refractivity contribution in [1.82, 2.24) is 5.32 Å². The van der Waals surface area contributed by atoms with Gasteiger partial charge in [-0.05, 0) is 49.8 Å². The Morgan fingerprint density at radius 1 is 1.35 bits per heavy atom. The number of hydrogen-bond acceptors (Lipinski definition) is 2. The maximum Gasteiger partial charge on any atom is 0.253 e. The van der Waals surface area contributed by atoms with E-state index >= 15 is 0 Å². The number of benzene rings is 1. The molecule has 1 aliphatic carbocycles. The summed E-state index contributed by atoms with van der Waals surface area (Å²) in [7, 11) is 0. The number of halogens is 1. The molecule has 1 aromatic carbocycles. The van der Waals surface area contributed by atoms with Crippen LogP contribution in [0.1, 0.15) is 55.8 Å². The van der Waals surface area contributed by atoms with E-state index in [1.165, 1.54) is 25.7 Å². The number of hydrogen-bond donors (Lipinski definition) is 2. The fourth-order valence-electron chi connectivity index (χ4n) is 3.01. The van der Waals surface area contributed by atoms with Crippen LogP contribution in [0, 0.1) is 5.92 Å². The standard InChI is InChI=1S/C16H23BrN2O/c1-2-3-11-4-7-13(8-5-11)19-16(20)14-9-6-12(17)10-15(14)18/h6,9-11,13H,2-5,7-8,18H2,1H3,(H,19,20). The van der Waals surface area contributed by atoms with E-state index in [1.807, 2.05) is 6.07 Å². The second-order valence-electron chi connectivity index (χ2n) is 5.71. The molecule has 110 valence electrons. The maximum atomic E-state index is 12.2. The topological polar surface area (TPSA) is 55.1 Å². The van der Waals surface area contributed by atoms with Gasteiger partial charge in [0.25, 0.3) is 5.91 Å². The highest BCUT2D eigenvalue weighted by molar-refractivity contribution is 9.10. The molecule has 0 saturated heterocycles. The Bertz CT molecular complexity index is 468. The summed E-state index contributed by atoms with van der Waals surface area (Å²) in [4.78, 5) is 12.2. The van der Waals surface area contributed by atoms with Gasteiger partial charge in [0.15, 0.2) is 0 Å². The third-order valence-electron chi connectivity index (χ3n) is 4.14. The lowest BCUT2D eigenvalue weighted by atomic mass is 9.83. The van der Waals surface area contributed by atoms with E-state index < -0.39 is 0 Å². The molecule has 4 heteroatoms. The van der Waals surface area contributed by atoms with Gasteiger partial charge in [0, 0.05) is 16.2 Å². The second kappa shape index (κ2) is 7.11. The summed E-state index contributed by atoms with van der Waals surface area (Å²) < 4.78 is 0.895. The minimum absolute atomic E-state index is 0.0473. The van der Waals surface area contributed by atoms with Crippen molar-refractivity contribution in [2.75, 3.05) is 5.73 Å². The van der Waals surface area contributed by atoms with Crippen molar-refractivity contribution >= 4 is 27.5 Å². The van der Waals surface area contributed by atoms with Crippen LogP contribution in [0.5, 0.6) is 0 Å². The maximum absolute atomic E-state index is 12.2. The highest BCUT2D eigenvalue weighted by atomic mass is 79.9. The first kappa shape index (κ1) is 15.4. The van der Waals surface area contributed by atoms with E-state index in [4.69, 9.17) is 5.73 Å². The van der Waals surface area contributed by atoms with Crippen molar-refractivity contribution in [1.29, 1.82) is 0 Å². The average Bonchev–Trinajstić information content (AvgIpc) is 2.41. The van der Waals surface area contributed by atoms with Crippen LogP contribution in [-0.4, -0.2) is 11.9 Å². The third kappa shape index (κ3) is 3.98. The van der Waals surface area contributed by atoms with E-state index in [2.05, 4.69) is 28.2 Å². The van der Waals surface area contributed by atoms with Crippen LogP contribution in [0.15, 0.2) is 22.7 Å². The molecule has 3 nitrogen and oxygen atoms in total. The number of nitrogen functional groups attached to an aromatic ring is 1. The monoisotopic (exact) mass is 338 g/mol. The van der Waals surface area contributed by atoms with Gasteiger partial charge in [-0.2, -0.15) is 0 Å². The Hall–Kier alpha value is -1.03. The Morgan fingerprint density at radius 2 is 2.05 bits per heavy atom. The fourth-order valence-corrected chi connectivity index (χ4v) is 3.39. The SMILES string of the molecule is CCCC1CCC(NC(=O)c2ccc(Br)cc2N)CC1. The summed E-state index contributed by atoms with van der Waals surface area (Å²) in [5.74, 6) is 0.805. The zero-order chi connectivity index (χ0) is 14.5. The Balaban J connectivity index is 1.89. The molecule has 2 rings (SSSR count). The number of anilines is 1. The molecule has 20 heavy (non-hydrogen) atoms. The first-order valence-corrected chi connectivity index (χ1v) is 8.25. The number of amides is 1. The minimum Gasteiger partial charge on any atom is -0.398 e. The van der Waals surface area contributed by atoms with Crippen LogP contribution >= 0.6 is 15.9 Å². The van der Waals surface area contributed by atoms with Gasteiger partial charge < -0.3 is 11.1 Å². The molecule has 0 unspecified atom stereocenters. The summed E-state index contributed by atoms with van der Waals surface area (Å²) in [6.07, 6.45) is 7.22. The van der Waals surface area contributed by atoms with Crippen LogP contribution < -0.4 is 11.1 Å². The predicted molar refractivity (Wildman–Crippen MR) is 86.7 cm³/mol. The summed E-state index contributed by atoms with van der Waals surface area (Å²) in [5, 5.41) is 3.12. The number of nitrogens with one attached hydrogen (secondary N) is 1. The minimum atomic E-state index is -0.0473. The van der Waals surface area contributed by atoms with Crippen molar-refractivity contribution in [3.63, 3.8) is 0 Å². The van der Waals surface area contributed by atoms with Gasteiger partial charge in [-0.1, -0.05) is 35.7 Å². The highest BCUT2D eigenvalue weighted by Gasteiger charge is 2.22. The normalized spacial score (nSPS) is 22.5. The molecular weight excluding hydrogens is 316 g/mol. The Kier molecular flexibility index (Phi) is 5.46. The van der Waals surface area contributed by atoms with Crippen LogP contribution in [0.2, 0.25) is 0 Å².